The maximum atomic E-state index is 14.5. The van der Waals surface area contributed by atoms with Gasteiger partial charge in [-0.25, -0.2) is 27.2 Å². The molecule has 10 nitrogen and oxygen atoms in total. The third kappa shape index (κ3) is 7.05. The highest BCUT2D eigenvalue weighted by molar-refractivity contribution is 7.89. The molecular formula is C34H37F2N7O3S. The summed E-state index contributed by atoms with van der Waals surface area (Å²) in [6.45, 7) is 2.55. The third-order valence-electron chi connectivity index (χ3n) is 8.55. The fourth-order valence-electron chi connectivity index (χ4n) is 5.99. The van der Waals surface area contributed by atoms with Gasteiger partial charge in [0.2, 0.25) is 21.9 Å². The predicted molar refractivity (Wildman–Crippen MR) is 178 cm³/mol. The highest BCUT2D eigenvalue weighted by Crippen LogP contribution is 2.28. The molecule has 2 aliphatic rings. The molecular weight excluding hydrogens is 624 g/mol. The van der Waals surface area contributed by atoms with Crippen molar-refractivity contribution in [3.05, 3.63) is 96.2 Å². The van der Waals surface area contributed by atoms with Gasteiger partial charge in [0.05, 0.1) is 28.5 Å². The summed E-state index contributed by atoms with van der Waals surface area (Å²) in [5.74, 6) is -0.729. The zero-order valence-corrected chi connectivity index (χ0v) is 27.1. The van der Waals surface area contributed by atoms with Crippen molar-refractivity contribution >= 4 is 33.3 Å². The van der Waals surface area contributed by atoms with E-state index < -0.39 is 27.8 Å². The monoisotopic (exact) mass is 661 g/mol. The topological polar surface area (TPSA) is 102 Å². The molecule has 47 heavy (non-hydrogen) atoms. The van der Waals surface area contributed by atoms with Gasteiger partial charge in [-0.05, 0) is 67.4 Å². The molecule has 4 aromatic rings. The fraction of sp³-hybridized carbons (Fsp3) is 0.324. The maximum absolute atomic E-state index is 14.5. The van der Waals surface area contributed by atoms with Gasteiger partial charge in [-0.1, -0.05) is 24.3 Å². The first-order valence-electron chi connectivity index (χ1n) is 15.6. The summed E-state index contributed by atoms with van der Waals surface area (Å²) in [4.78, 5) is 29.2. The number of nitrogens with zero attached hydrogens (tertiary/aromatic N) is 6. The molecule has 3 heterocycles. The van der Waals surface area contributed by atoms with Crippen LogP contribution in [-0.2, 0) is 21.4 Å². The van der Waals surface area contributed by atoms with Crippen molar-refractivity contribution in [2.24, 2.45) is 0 Å². The summed E-state index contributed by atoms with van der Waals surface area (Å²) in [6.07, 6.45) is 0.900. The summed E-state index contributed by atoms with van der Waals surface area (Å²) < 4.78 is 55.8. The molecule has 2 saturated heterocycles. The zero-order chi connectivity index (χ0) is 33.1. The number of benzene rings is 3. The Hall–Kier alpha value is -4.62. The summed E-state index contributed by atoms with van der Waals surface area (Å²) in [7, 11) is -0.0702. The zero-order valence-electron chi connectivity index (χ0n) is 26.3. The first-order valence-corrected chi connectivity index (χ1v) is 17.0. The van der Waals surface area contributed by atoms with Gasteiger partial charge in [0.15, 0.2) is 0 Å². The van der Waals surface area contributed by atoms with E-state index in [1.807, 2.05) is 60.3 Å². The molecule has 0 spiro atoms. The molecule has 1 unspecified atom stereocenters. The highest BCUT2D eigenvalue weighted by atomic mass is 32.2. The molecule has 1 atom stereocenters. The van der Waals surface area contributed by atoms with Crippen molar-refractivity contribution in [2.45, 2.75) is 30.3 Å². The second kappa shape index (κ2) is 13.6. The number of sulfonamides is 1. The number of carbonyl (C=O) groups excluding carboxylic acids is 1. The average Bonchev–Trinajstić information content (AvgIpc) is 3.59. The number of hydrogen-bond acceptors (Lipinski definition) is 8. The lowest BCUT2D eigenvalue weighted by molar-refractivity contribution is -0.124. The van der Waals surface area contributed by atoms with Crippen LogP contribution in [0.1, 0.15) is 18.5 Å². The number of rotatable bonds is 9. The normalized spacial score (nSPS) is 17.1. The summed E-state index contributed by atoms with van der Waals surface area (Å²) in [5, 5.41) is 2.90. The van der Waals surface area contributed by atoms with Crippen LogP contribution in [0.3, 0.4) is 0 Å². The Morgan fingerprint density at radius 2 is 1.62 bits per heavy atom. The van der Waals surface area contributed by atoms with Crippen molar-refractivity contribution in [3.63, 3.8) is 0 Å². The molecule has 0 bridgehead atoms. The Kier molecular flexibility index (Phi) is 9.37. The minimum atomic E-state index is -3.99. The minimum absolute atomic E-state index is 0.0567. The van der Waals surface area contributed by atoms with E-state index in [2.05, 4.69) is 10.2 Å². The predicted octanol–water partition coefficient (Wildman–Crippen LogP) is 4.28. The van der Waals surface area contributed by atoms with E-state index in [9.17, 15) is 22.0 Å². The van der Waals surface area contributed by atoms with Crippen LogP contribution >= 0.6 is 0 Å². The number of amides is 1. The van der Waals surface area contributed by atoms with Gasteiger partial charge in [-0.15, -0.1) is 0 Å². The molecule has 13 heteroatoms. The second-order valence-electron chi connectivity index (χ2n) is 11.9. The minimum Gasteiger partial charge on any atom is -0.378 e. The van der Waals surface area contributed by atoms with Gasteiger partial charge in [0.25, 0.3) is 0 Å². The highest BCUT2D eigenvalue weighted by Gasteiger charge is 2.39. The molecule has 246 valence electrons. The largest absolute Gasteiger partial charge is 0.378 e. The maximum Gasteiger partial charge on any atom is 0.243 e. The van der Waals surface area contributed by atoms with Gasteiger partial charge in [-0.2, -0.15) is 4.31 Å². The van der Waals surface area contributed by atoms with Crippen LogP contribution in [0, 0.1) is 11.6 Å². The molecule has 0 aliphatic carbocycles. The van der Waals surface area contributed by atoms with Crippen molar-refractivity contribution in [3.8, 4) is 11.3 Å². The van der Waals surface area contributed by atoms with Crippen LogP contribution in [0.25, 0.3) is 11.3 Å². The number of aromatic nitrogens is 2. The van der Waals surface area contributed by atoms with E-state index in [0.717, 1.165) is 23.4 Å². The van der Waals surface area contributed by atoms with Gasteiger partial charge >= 0.3 is 0 Å². The smallest absolute Gasteiger partial charge is 0.243 e. The molecule has 3 aromatic carbocycles. The second-order valence-corrected chi connectivity index (χ2v) is 13.8. The summed E-state index contributed by atoms with van der Waals surface area (Å²) in [6, 6.07) is 20.2. The molecule has 6 rings (SSSR count). The van der Waals surface area contributed by atoms with Gasteiger partial charge in [0, 0.05) is 58.1 Å². The van der Waals surface area contributed by atoms with Crippen molar-refractivity contribution in [2.75, 3.05) is 61.5 Å². The number of hydrogen-bond donors (Lipinski definition) is 1. The van der Waals surface area contributed by atoms with Gasteiger partial charge in [-0.3, -0.25) is 4.79 Å². The Morgan fingerprint density at radius 1 is 0.894 bits per heavy atom. The number of carbonyl (C=O) groups is 1. The quantitative estimate of drug-likeness (QED) is 0.284. The molecule has 0 radical (unpaired) electrons. The van der Waals surface area contributed by atoms with Crippen LogP contribution in [0.15, 0.2) is 83.8 Å². The number of para-hydroxylation sites is 1. The first kappa shape index (κ1) is 32.3. The van der Waals surface area contributed by atoms with Crippen LogP contribution in [0.5, 0.6) is 0 Å². The fourth-order valence-corrected chi connectivity index (χ4v) is 7.65. The number of nitrogens with one attached hydrogen (secondary N) is 1. The van der Waals surface area contributed by atoms with E-state index in [1.165, 1.54) is 22.5 Å². The van der Waals surface area contributed by atoms with Crippen molar-refractivity contribution in [1.82, 2.24) is 19.6 Å². The Bertz CT molecular complexity index is 1850. The summed E-state index contributed by atoms with van der Waals surface area (Å²) >= 11 is 0. The molecule has 0 saturated carbocycles. The van der Waals surface area contributed by atoms with Crippen LogP contribution < -0.4 is 20.0 Å². The lowest BCUT2D eigenvalue weighted by Gasteiger charge is -2.36. The number of halogens is 2. The Labute approximate surface area is 273 Å². The van der Waals surface area contributed by atoms with E-state index in [1.54, 1.807) is 12.1 Å². The van der Waals surface area contributed by atoms with Crippen LogP contribution in [-0.4, -0.2) is 81.5 Å². The number of piperazine rings is 1. The Balaban J connectivity index is 1.23. The third-order valence-corrected chi connectivity index (χ3v) is 10.5. The van der Waals surface area contributed by atoms with Crippen molar-refractivity contribution < 1.29 is 22.0 Å². The van der Waals surface area contributed by atoms with Gasteiger partial charge in [0.1, 0.15) is 17.7 Å². The standard InChI is InChI=1S/C34H37F2N7O3S/c1-40(2)27-8-5-7-24(21-27)30-22-26(38-34(39-30)42-19-17-41(18-20-42)31-10-4-3-9-29(31)36)23-37-33(44)32-11-6-16-43(32)47(45,46)28-14-12-25(35)13-15-28/h3-5,7-10,12-15,21-22,32H,6,11,16-20,23H2,1-2H3,(H,37,44). The lowest BCUT2D eigenvalue weighted by Crippen LogP contribution is -2.47. The Morgan fingerprint density at radius 3 is 2.34 bits per heavy atom. The summed E-state index contributed by atoms with van der Waals surface area (Å²) in [5.41, 5.74) is 3.69. The molecule has 2 aliphatic heterocycles. The SMILES string of the molecule is CN(C)c1cccc(-c2cc(CNC(=O)C3CCCN3S(=O)(=O)c3ccc(F)cc3)nc(N3CCN(c4ccccc4F)CC3)n2)c1. The lowest BCUT2D eigenvalue weighted by atomic mass is 10.1. The van der Waals surface area contributed by atoms with Crippen molar-refractivity contribution in [1.29, 1.82) is 0 Å². The number of anilines is 3. The van der Waals surface area contributed by atoms with E-state index in [0.29, 0.717) is 62.0 Å². The van der Waals surface area contributed by atoms with E-state index in [4.69, 9.17) is 9.97 Å². The van der Waals surface area contributed by atoms with Crippen LogP contribution in [0.2, 0.25) is 0 Å². The molecule has 1 N–H and O–H groups in total. The molecule has 1 amide bonds. The molecule has 2 fully saturated rings. The van der Waals surface area contributed by atoms with E-state index >= 15 is 0 Å². The van der Waals surface area contributed by atoms with Crippen LogP contribution in [0.4, 0.5) is 26.1 Å². The first-order chi connectivity index (χ1) is 22.6. The van der Waals surface area contributed by atoms with E-state index in [-0.39, 0.29) is 23.8 Å². The molecule has 1 aromatic heterocycles. The average molecular weight is 662 g/mol. The van der Waals surface area contributed by atoms with Gasteiger partial charge < -0.3 is 20.0 Å².